The molecule has 19 heavy (non-hydrogen) atoms. The standard InChI is InChI=1S/C17H19NO/c1-2-3-14-18(16-12-8-5-9-13-16)17(19)15-10-6-4-7-11-15/h4-13H,2-3,14H2,1H3. The maximum Gasteiger partial charge on any atom is 0.258 e. The van der Waals surface area contributed by atoms with Crippen LogP contribution in [-0.2, 0) is 0 Å². The van der Waals surface area contributed by atoms with Gasteiger partial charge >= 0.3 is 0 Å². The SMILES string of the molecule is CCCCN(C(=O)c1ccccc1)c1ccccc1. The zero-order chi connectivity index (χ0) is 13.5. The van der Waals surface area contributed by atoms with Gasteiger partial charge in [0.2, 0.25) is 0 Å². The Balaban J connectivity index is 2.25. The van der Waals surface area contributed by atoms with Crippen LogP contribution in [0.1, 0.15) is 30.1 Å². The molecule has 1 amide bonds. The summed E-state index contributed by atoms with van der Waals surface area (Å²) < 4.78 is 0. The fraction of sp³-hybridized carbons (Fsp3) is 0.235. The first kappa shape index (κ1) is 13.3. The summed E-state index contributed by atoms with van der Waals surface area (Å²) in [5, 5.41) is 0. The van der Waals surface area contributed by atoms with Crippen molar-refractivity contribution in [2.45, 2.75) is 19.8 Å². The summed E-state index contributed by atoms with van der Waals surface area (Å²) in [5.74, 6) is 0.0697. The number of hydrogen-bond donors (Lipinski definition) is 0. The number of benzene rings is 2. The maximum atomic E-state index is 12.6. The predicted molar refractivity (Wildman–Crippen MR) is 79.5 cm³/mol. The Morgan fingerprint density at radius 2 is 1.53 bits per heavy atom. The highest BCUT2D eigenvalue weighted by Gasteiger charge is 2.16. The van der Waals surface area contributed by atoms with E-state index < -0.39 is 0 Å². The van der Waals surface area contributed by atoms with Crippen LogP contribution >= 0.6 is 0 Å². The van der Waals surface area contributed by atoms with Crippen molar-refractivity contribution in [3.8, 4) is 0 Å². The molecule has 2 rings (SSSR count). The van der Waals surface area contributed by atoms with E-state index in [0.717, 1.165) is 30.6 Å². The molecule has 0 heterocycles. The van der Waals surface area contributed by atoms with Crippen molar-refractivity contribution in [1.82, 2.24) is 0 Å². The molecule has 0 N–H and O–H groups in total. The minimum absolute atomic E-state index is 0.0697. The Morgan fingerprint density at radius 1 is 0.947 bits per heavy atom. The molecule has 98 valence electrons. The Labute approximate surface area is 114 Å². The first-order valence-electron chi connectivity index (χ1n) is 6.75. The van der Waals surface area contributed by atoms with Gasteiger partial charge in [-0.15, -0.1) is 0 Å². The first-order valence-corrected chi connectivity index (χ1v) is 6.75. The van der Waals surface area contributed by atoms with Crippen molar-refractivity contribution in [3.05, 3.63) is 66.2 Å². The fourth-order valence-electron chi connectivity index (χ4n) is 2.01. The zero-order valence-electron chi connectivity index (χ0n) is 11.3. The predicted octanol–water partition coefficient (Wildman–Crippen LogP) is 4.13. The van der Waals surface area contributed by atoms with Crippen LogP contribution in [0.3, 0.4) is 0 Å². The van der Waals surface area contributed by atoms with Gasteiger partial charge in [0, 0.05) is 17.8 Å². The highest BCUT2D eigenvalue weighted by atomic mass is 16.2. The number of carbonyl (C=O) groups is 1. The molecule has 2 aromatic rings. The Hall–Kier alpha value is -2.09. The molecule has 0 aliphatic carbocycles. The molecule has 0 aliphatic rings. The molecule has 0 saturated heterocycles. The van der Waals surface area contributed by atoms with E-state index in [0.29, 0.717) is 0 Å². The summed E-state index contributed by atoms with van der Waals surface area (Å²) in [6, 6.07) is 19.3. The van der Waals surface area contributed by atoms with Crippen LogP contribution in [0.4, 0.5) is 5.69 Å². The lowest BCUT2D eigenvalue weighted by Gasteiger charge is -2.22. The summed E-state index contributed by atoms with van der Waals surface area (Å²) in [7, 11) is 0. The number of unbranched alkanes of at least 4 members (excludes halogenated alkanes) is 1. The molecule has 0 saturated carbocycles. The second kappa shape index (κ2) is 6.74. The van der Waals surface area contributed by atoms with Gasteiger partial charge in [-0.1, -0.05) is 49.7 Å². The Kier molecular flexibility index (Phi) is 4.73. The largest absolute Gasteiger partial charge is 0.308 e. The van der Waals surface area contributed by atoms with Gasteiger partial charge in [0.05, 0.1) is 0 Å². The minimum Gasteiger partial charge on any atom is -0.308 e. The number of anilines is 1. The second-order valence-corrected chi connectivity index (χ2v) is 4.51. The Morgan fingerprint density at radius 3 is 2.11 bits per heavy atom. The van der Waals surface area contributed by atoms with Gasteiger partial charge in [0.15, 0.2) is 0 Å². The van der Waals surface area contributed by atoms with Gasteiger partial charge in [-0.2, -0.15) is 0 Å². The first-order chi connectivity index (χ1) is 9.33. The molecular formula is C17H19NO. The zero-order valence-corrected chi connectivity index (χ0v) is 11.3. The van der Waals surface area contributed by atoms with Crippen LogP contribution in [0.15, 0.2) is 60.7 Å². The molecule has 0 spiro atoms. The number of hydrogen-bond acceptors (Lipinski definition) is 1. The number of para-hydroxylation sites is 1. The lowest BCUT2D eigenvalue weighted by Crippen LogP contribution is -2.31. The van der Waals surface area contributed by atoms with E-state index in [1.54, 1.807) is 0 Å². The minimum atomic E-state index is 0.0697. The molecule has 0 aliphatic heterocycles. The van der Waals surface area contributed by atoms with Gasteiger partial charge in [-0.3, -0.25) is 4.79 Å². The third-order valence-electron chi connectivity index (χ3n) is 3.07. The van der Waals surface area contributed by atoms with Gasteiger partial charge in [-0.25, -0.2) is 0 Å². The molecule has 0 atom stereocenters. The summed E-state index contributed by atoms with van der Waals surface area (Å²) in [4.78, 5) is 14.4. The van der Waals surface area contributed by atoms with Gasteiger partial charge in [0.25, 0.3) is 5.91 Å². The van der Waals surface area contributed by atoms with E-state index in [-0.39, 0.29) is 5.91 Å². The summed E-state index contributed by atoms with van der Waals surface area (Å²) in [6.45, 7) is 2.89. The van der Waals surface area contributed by atoms with E-state index in [1.165, 1.54) is 0 Å². The highest BCUT2D eigenvalue weighted by molar-refractivity contribution is 6.06. The molecule has 0 unspecified atom stereocenters. The van der Waals surface area contributed by atoms with Crippen molar-refractivity contribution >= 4 is 11.6 Å². The number of carbonyl (C=O) groups excluding carboxylic acids is 1. The number of nitrogens with zero attached hydrogens (tertiary/aromatic N) is 1. The molecule has 2 nitrogen and oxygen atoms in total. The quantitative estimate of drug-likeness (QED) is 0.784. The van der Waals surface area contributed by atoms with E-state index in [4.69, 9.17) is 0 Å². The van der Waals surface area contributed by atoms with Crippen molar-refractivity contribution in [2.24, 2.45) is 0 Å². The van der Waals surface area contributed by atoms with Crippen LogP contribution in [0.25, 0.3) is 0 Å². The second-order valence-electron chi connectivity index (χ2n) is 4.51. The molecule has 2 heteroatoms. The number of amides is 1. The van der Waals surface area contributed by atoms with Crippen molar-refractivity contribution in [2.75, 3.05) is 11.4 Å². The Bertz CT molecular complexity index is 507. The van der Waals surface area contributed by atoms with Crippen molar-refractivity contribution in [3.63, 3.8) is 0 Å². The van der Waals surface area contributed by atoms with Crippen LogP contribution in [0.5, 0.6) is 0 Å². The summed E-state index contributed by atoms with van der Waals surface area (Å²) in [6.07, 6.45) is 2.08. The lowest BCUT2D eigenvalue weighted by atomic mass is 10.1. The van der Waals surface area contributed by atoms with Crippen LogP contribution in [0, 0.1) is 0 Å². The normalized spacial score (nSPS) is 10.2. The van der Waals surface area contributed by atoms with Crippen LogP contribution in [0.2, 0.25) is 0 Å². The van der Waals surface area contributed by atoms with Crippen LogP contribution < -0.4 is 4.90 Å². The van der Waals surface area contributed by atoms with Gasteiger partial charge in [-0.05, 0) is 30.7 Å². The molecule has 2 aromatic carbocycles. The lowest BCUT2D eigenvalue weighted by molar-refractivity contribution is 0.0986. The molecule has 0 fully saturated rings. The van der Waals surface area contributed by atoms with Crippen molar-refractivity contribution < 1.29 is 4.79 Å². The van der Waals surface area contributed by atoms with E-state index in [2.05, 4.69) is 6.92 Å². The summed E-state index contributed by atoms with van der Waals surface area (Å²) in [5.41, 5.74) is 1.70. The molecule has 0 bridgehead atoms. The van der Waals surface area contributed by atoms with E-state index in [1.807, 2.05) is 65.6 Å². The molecule has 0 radical (unpaired) electrons. The third-order valence-corrected chi connectivity index (χ3v) is 3.07. The monoisotopic (exact) mass is 253 g/mol. The maximum absolute atomic E-state index is 12.6. The average molecular weight is 253 g/mol. The molecule has 0 aromatic heterocycles. The topological polar surface area (TPSA) is 20.3 Å². The fourth-order valence-corrected chi connectivity index (χ4v) is 2.01. The smallest absolute Gasteiger partial charge is 0.258 e. The van der Waals surface area contributed by atoms with Gasteiger partial charge in [0.1, 0.15) is 0 Å². The van der Waals surface area contributed by atoms with E-state index >= 15 is 0 Å². The summed E-state index contributed by atoms with van der Waals surface area (Å²) >= 11 is 0. The number of rotatable bonds is 5. The van der Waals surface area contributed by atoms with Crippen LogP contribution in [-0.4, -0.2) is 12.5 Å². The third kappa shape index (κ3) is 3.44. The van der Waals surface area contributed by atoms with Crippen molar-refractivity contribution in [1.29, 1.82) is 0 Å². The van der Waals surface area contributed by atoms with E-state index in [9.17, 15) is 4.79 Å². The average Bonchev–Trinajstić information content (AvgIpc) is 2.49. The highest BCUT2D eigenvalue weighted by Crippen LogP contribution is 2.17. The molecular weight excluding hydrogens is 234 g/mol. The van der Waals surface area contributed by atoms with Gasteiger partial charge < -0.3 is 4.90 Å².